The summed E-state index contributed by atoms with van der Waals surface area (Å²) in [5.41, 5.74) is 0.324. The largest absolute Gasteiger partial charge is 0.401 e. The van der Waals surface area contributed by atoms with Crippen molar-refractivity contribution in [1.82, 2.24) is 15.5 Å². The van der Waals surface area contributed by atoms with Crippen LogP contribution in [-0.2, 0) is 4.74 Å². The van der Waals surface area contributed by atoms with Gasteiger partial charge in [-0.15, -0.1) is 24.0 Å². The Bertz CT molecular complexity index is 577. The van der Waals surface area contributed by atoms with E-state index in [4.69, 9.17) is 4.74 Å². The molecular weight excluding hydrogens is 496 g/mol. The van der Waals surface area contributed by atoms with Crippen LogP contribution >= 0.6 is 24.0 Å². The molecule has 4 fully saturated rings. The van der Waals surface area contributed by atoms with E-state index in [9.17, 15) is 13.2 Å². The monoisotopic (exact) mass is 530 g/mol. The summed E-state index contributed by atoms with van der Waals surface area (Å²) in [5, 5.41) is 7.10. The van der Waals surface area contributed by atoms with Gasteiger partial charge in [0.15, 0.2) is 5.96 Å². The Morgan fingerprint density at radius 3 is 2.52 bits per heavy atom. The van der Waals surface area contributed by atoms with Gasteiger partial charge < -0.3 is 15.4 Å². The van der Waals surface area contributed by atoms with Gasteiger partial charge >= 0.3 is 6.18 Å². The Labute approximate surface area is 188 Å². The number of aliphatic imine (C=N–C) groups is 1. The first-order valence-electron chi connectivity index (χ1n) is 10.8. The van der Waals surface area contributed by atoms with Crippen molar-refractivity contribution in [3.63, 3.8) is 0 Å². The maximum Gasteiger partial charge on any atom is 0.401 e. The molecule has 0 aromatic carbocycles. The van der Waals surface area contributed by atoms with Gasteiger partial charge in [0.25, 0.3) is 0 Å². The van der Waals surface area contributed by atoms with Crippen molar-refractivity contribution in [3.05, 3.63) is 0 Å². The van der Waals surface area contributed by atoms with Gasteiger partial charge in [-0.1, -0.05) is 6.42 Å². The van der Waals surface area contributed by atoms with Gasteiger partial charge in [0.05, 0.1) is 12.6 Å². The molecule has 9 heteroatoms. The van der Waals surface area contributed by atoms with Crippen LogP contribution in [0.5, 0.6) is 0 Å². The number of alkyl halides is 3. The van der Waals surface area contributed by atoms with E-state index in [1.807, 2.05) is 0 Å². The van der Waals surface area contributed by atoms with E-state index < -0.39 is 12.7 Å². The van der Waals surface area contributed by atoms with E-state index >= 15 is 0 Å². The second kappa shape index (κ2) is 9.46. The molecule has 2 saturated heterocycles. The minimum Gasteiger partial charge on any atom is -0.377 e. The predicted molar refractivity (Wildman–Crippen MR) is 118 cm³/mol. The average molecular weight is 530 g/mol. The molecule has 0 aromatic rings. The molecule has 3 atom stereocenters. The fourth-order valence-electron chi connectivity index (χ4n) is 5.88. The Balaban J connectivity index is 0.00000240. The highest BCUT2D eigenvalue weighted by Crippen LogP contribution is 2.62. The third-order valence-corrected chi connectivity index (χ3v) is 7.51. The van der Waals surface area contributed by atoms with Crippen molar-refractivity contribution in [2.75, 3.05) is 39.8 Å². The van der Waals surface area contributed by atoms with Crippen LogP contribution in [0.3, 0.4) is 0 Å². The van der Waals surface area contributed by atoms with E-state index in [0.717, 1.165) is 44.8 Å². The van der Waals surface area contributed by atoms with Crippen molar-refractivity contribution in [2.24, 2.45) is 22.2 Å². The number of ether oxygens (including phenoxy) is 1. The molecule has 4 aliphatic rings. The first-order chi connectivity index (χ1) is 13.4. The molecular formula is C20H34F3IN4O. The minimum absolute atomic E-state index is 0. The second-order valence-electron chi connectivity index (χ2n) is 9.08. The van der Waals surface area contributed by atoms with E-state index in [0.29, 0.717) is 42.5 Å². The quantitative estimate of drug-likeness (QED) is 0.325. The normalized spacial score (nSPS) is 32.1. The number of nitrogens with one attached hydrogen (secondary N) is 2. The number of hydrogen-bond acceptors (Lipinski definition) is 3. The van der Waals surface area contributed by atoms with Crippen LogP contribution in [0.15, 0.2) is 4.99 Å². The summed E-state index contributed by atoms with van der Waals surface area (Å²) in [6, 6.07) is 0.463. The molecule has 5 nitrogen and oxygen atoms in total. The van der Waals surface area contributed by atoms with E-state index in [1.54, 1.807) is 7.05 Å². The molecule has 29 heavy (non-hydrogen) atoms. The number of fused-ring (bicyclic) bond motifs is 2. The molecule has 2 N–H and O–H groups in total. The highest BCUT2D eigenvalue weighted by atomic mass is 127. The number of likely N-dealkylation sites (tertiary alicyclic amines) is 1. The van der Waals surface area contributed by atoms with Gasteiger partial charge in [0.1, 0.15) is 0 Å². The number of hydrogen-bond donors (Lipinski definition) is 2. The Morgan fingerprint density at radius 2 is 1.93 bits per heavy atom. The van der Waals surface area contributed by atoms with E-state index in [2.05, 4.69) is 15.6 Å². The molecule has 4 rings (SSSR count). The molecule has 0 radical (unpaired) electrons. The zero-order chi connectivity index (χ0) is 19.8. The van der Waals surface area contributed by atoms with Crippen molar-refractivity contribution in [2.45, 2.75) is 63.3 Å². The highest BCUT2D eigenvalue weighted by molar-refractivity contribution is 14.0. The van der Waals surface area contributed by atoms with Crippen LogP contribution in [0.2, 0.25) is 0 Å². The summed E-state index contributed by atoms with van der Waals surface area (Å²) in [5.74, 6) is 1.96. The minimum atomic E-state index is -4.09. The highest BCUT2D eigenvalue weighted by Gasteiger charge is 2.66. The third-order valence-electron chi connectivity index (χ3n) is 7.51. The van der Waals surface area contributed by atoms with Gasteiger partial charge in [-0.2, -0.15) is 13.2 Å². The topological polar surface area (TPSA) is 48.9 Å². The fraction of sp³-hybridized carbons (Fsp3) is 0.950. The van der Waals surface area contributed by atoms with Crippen LogP contribution in [0.4, 0.5) is 13.2 Å². The van der Waals surface area contributed by atoms with Gasteiger partial charge in [0.2, 0.25) is 0 Å². The summed E-state index contributed by atoms with van der Waals surface area (Å²) in [6.45, 7) is 2.02. The number of piperidine rings is 1. The van der Waals surface area contributed by atoms with Crippen LogP contribution in [0, 0.1) is 17.3 Å². The standard InChI is InChI=1S/C20H33F3N4O.HI/c1-24-18(26-16-15-6-12-28-17(15)19(16)7-2-8-19)25-9-3-14-4-10-27(11-5-14)13-20(21,22)23;/h14-17H,2-13H2,1H3,(H2,24,25,26);1H. The lowest BCUT2D eigenvalue weighted by atomic mass is 9.46. The lowest BCUT2D eigenvalue weighted by Gasteiger charge is -2.63. The number of nitrogens with zero attached hydrogens (tertiary/aromatic N) is 2. The number of guanidine groups is 1. The Morgan fingerprint density at radius 1 is 1.21 bits per heavy atom. The van der Waals surface area contributed by atoms with Crippen LogP contribution < -0.4 is 10.6 Å². The molecule has 2 aliphatic carbocycles. The van der Waals surface area contributed by atoms with Gasteiger partial charge in [-0.3, -0.25) is 9.89 Å². The van der Waals surface area contributed by atoms with Crippen molar-refractivity contribution in [3.8, 4) is 0 Å². The molecule has 2 aliphatic heterocycles. The smallest absolute Gasteiger partial charge is 0.377 e. The van der Waals surface area contributed by atoms with Crippen molar-refractivity contribution < 1.29 is 17.9 Å². The number of halogens is 4. The molecule has 2 saturated carbocycles. The zero-order valence-corrected chi connectivity index (χ0v) is 19.5. The molecule has 1 spiro atoms. The maximum absolute atomic E-state index is 12.5. The molecule has 2 heterocycles. The van der Waals surface area contributed by atoms with Crippen LogP contribution in [0.25, 0.3) is 0 Å². The summed E-state index contributed by atoms with van der Waals surface area (Å²) >= 11 is 0. The van der Waals surface area contributed by atoms with Gasteiger partial charge in [-0.25, -0.2) is 0 Å². The van der Waals surface area contributed by atoms with E-state index in [1.165, 1.54) is 24.2 Å². The summed E-state index contributed by atoms with van der Waals surface area (Å²) in [4.78, 5) is 5.93. The van der Waals surface area contributed by atoms with Gasteiger partial charge in [0, 0.05) is 37.6 Å². The van der Waals surface area contributed by atoms with E-state index in [-0.39, 0.29) is 24.0 Å². The summed E-state index contributed by atoms with van der Waals surface area (Å²) in [6.07, 6.45) is 3.95. The van der Waals surface area contributed by atoms with Crippen molar-refractivity contribution in [1.29, 1.82) is 0 Å². The first kappa shape index (κ1) is 23.4. The number of rotatable bonds is 5. The molecule has 168 valence electrons. The van der Waals surface area contributed by atoms with Crippen LogP contribution in [-0.4, -0.2) is 69.0 Å². The SMILES string of the molecule is CN=C(NCCC1CCN(CC(F)(F)F)CC1)NC1C2CCOC2C12CCC2.I. The lowest BCUT2D eigenvalue weighted by molar-refractivity contribution is -0.171. The molecule has 3 unspecified atom stereocenters. The summed E-state index contributed by atoms with van der Waals surface area (Å²) in [7, 11) is 1.81. The Kier molecular flexibility index (Phi) is 7.63. The maximum atomic E-state index is 12.5. The van der Waals surface area contributed by atoms with Crippen molar-refractivity contribution >= 4 is 29.9 Å². The Hall–Kier alpha value is -0.290. The molecule has 0 aromatic heterocycles. The lowest BCUT2D eigenvalue weighted by Crippen LogP contribution is -2.72. The first-order valence-corrected chi connectivity index (χ1v) is 10.8. The molecule has 0 bridgehead atoms. The zero-order valence-electron chi connectivity index (χ0n) is 17.1. The average Bonchev–Trinajstić information content (AvgIpc) is 3.02. The second-order valence-corrected chi connectivity index (χ2v) is 9.08. The molecule has 0 amide bonds. The third kappa shape index (κ3) is 4.97. The summed E-state index contributed by atoms with van der Waals surface area (Å²) < 4.78 is 43.5. The fourth-order valence-corrected chi connectivity index (χ4v) is 5.88. The predicted octanol–water partition coefficient (Wildman–Crippen LogP) is 3.39. The van der Waals surface area contributed by atoms with Gasteiger partial charge in [-0.05, 0) is 57.5 Å². The van der Waals surface area contributed by atoms with Crippen LogP contribution in [0.1, 0.15) is 44.9 Å².